The van der Waals surface area contributed by atoms with Crippen LogP contribution in [0.4, 0.5) is 0 Å². The number of benzene rings is 1. The van der Waals surface area contributed by atoms with E-state index < -0.39 is 0 Å². The van der Waals surface area contributed by atoms with E-state index in [1.807, 2.05) is 4.90 Å². The lowest BCUT2D eigenvalue weighted by Crippen LogP contribution is -2.38. The van der Waals surface area contributed by atoms with Crippen molar-refractivity contribution in [2.24, 2.45) is 9.98 Å². The lowest BCUT2D eigenvalue weighted by atomic mass is 10.2. The van der Waals surface area contributed by atoms with Crippen molar-refractivity contribution < 1.29 is 4.79 Å². The monoisotopic (exact) mass is 400 g/mol. The summed E-state index contributed by atoms with van der Waals surface area (Å²) in [7, 11) is 0. The van der Waals surface area contributed by atoms with Crippen LogP contribution in [0.1, 0.15) is 16.1 Å². The summed E-state index contributed by atoms with van der Waals surface area (Å²) in [6.45, 7) is 0.803. The number of halogens is 2. The summed E-state index contributed by atoms with van der Waals surface area (Å²) in [4.78, 5) is 27.1. The Bertz CT molecular complexity index is 966. The molecule has 2 N–H and O–H groups in total. The molecule has 0 atom stereocenters. The summed E-state index contributed by atoms with van der Waals surface area (Å²) in [6.07, 6.45) is 3.16. The lowest BCUT2D eigenvalue weighted by molar-refractivity contribution is 0.0960. The van der Waals surface area contributed by atoms with E-state index in [-0.39, 0.29) is 5.91 Å². The summed E-state index contributed by atoms with van der Waals surface area (Å²) in [5.74, 6) is 0.714. The van der Waals surface area contributed by atoms with E-state index in [9.17, 15) is 4.79 Å². The SMILES string of the molecule is O=C(NC1=C2NCN=C2N(Cc2c(Cl)cccc2Cl)C=N1)c1ccccn1. The molecule has 27 heavy (non-hydrogen) atoms. The second-order valence-corrected chi connectivity index (χ2v) is 6.60. The van der Waals surface area contributed by atoms with Gasteiger partial charge in [-0.1, -0.05) is 35.3 Å². The Morgan fingerprint density at radius 3 is 2.74 bits per heavy atom. The molecule has 2 aliphatic heterocycles. The van der Waals surface area contributed by atoms with Crippen molar-refractivity contribution in [1.29, 1.82) is 0 Å². The van der Waals surface area contributed by atoms with Gasteiger partial charge in [0.15, 0.2) is 11.7 Å². The van der Waals surface area contributed by atoms with Gasteiger partial charge in [-0.3, -0.25) is 9.78 Å². The number of nitrogens with one attached hydrogen (secondary N) is 2. The Morgan fingerprint density at radius 2 is 2.00 bits per heavy atom. The maximum Gasteiger partial charge on any atom is 0.275 e. The molecule has 3 heterocycles. The van der Waals surface area contributed by atoms with E-state index >= 15 is 0 Å². The predicted molar refractivity (Wildman–Crippen MR) is 105 cm³/mol. The quantitative estimate of drug-likeness (QED) is 0.826. The number of rotatable bonds is 4. The molecular formula is C18H14Cl2N6O. The van der Waals surface area contributed by atoms with Gasteiger partial charge in [0, 0.05) is 21.8 Å². The van der Waals surface area contributed by atoms with E-state index in [4.69, 9.17) is 23.2 Å². The maximum atomic E-state index is 12.4. The smallest absolute Gasteiger partial charge is 0.275 e. The number of nitrogens with zero attached hydrogens (tertiary/aromatic N) is 4. The number of aliphatic imine (C=N–C) groups is 2. The highest BCUT2D eigenvalue weighted by molar-refractivity contribution is 6.36. The van der Waals surface area contributed by atoms with Crippen LogP contribution in [0.2, 0.25) is 10.0 Å². The Hall–Kier alpha value is -2.90. The third kappa shape index (κ3) is 3.51. The second kappa shape index (κ2) is 7.38. The molecule has 0 saturated heterocycles. The van der Waals surface area contributed by atoms with E-state index in [1.165, 1.54) is 0 Å². The number of amides is 1. The molecule has 7 nitrogen and oxygen atoms in total. The Labute approximate surface area is 165 Å². The molecule has 0 bridgehead atoms. The number of carbonyl (C=O) groups excluding carboxylic acids is 1. The van der Waals surface area contributed by atoms with Crippen molar-refractivity contribution in [2.45, 2.75) is 6.54 Å². The molecule has 9 heteroatoms. The van der Waals surface area contributed by atoms with Crippen molar-refractivity contribution in [1.82, 2.24) is 20.5 Å². The molecule has 2 aromatic rings. The fraction of sp³-hybridized carbons (Fsp3) is 0.111. The zero-order valence-corrected chi connectivity index (χ0v) is 15.5. The van der Waals surface area contributed by atoms with Crippen molar-refractivity contribution in [2.75, 3.05) is 6.67 Å². The minimum Gasteiger partial charge on any atom is -0.360 e. The molecule has 2 aliphatic rings. The molecule has 136 valence electrons. The van der Waals surface area contributed by atoms with Gasteiger partial charge in [0.05, 0.1) is 12.9 Å². The maximum absolute atomic E-state index is 12.4. The van der Waals surface area contributed by atoms with Gasteiger partial charge in [0.25, 0.3) is 5.91 Å². The number of hydrogen-bond acceptors (Lipinski definition) is 6. The summed E-state index contributed by atoms with van der Waals surface area (Å²) >= 11 is 12.5. The van der Waals surface area contributed by atoms with Crippen LogP contribution in [0, 0.1) is 0 Å². The molecule has 1 aromatic heterocycles. The van der Waals surface area contributed by atoms with E-state index in [0.29, 0.717) is 46.3 Å². The van der Waals surface area contributed by atoms with E-state index in [0.717, 1.165) is 5.56 Å². The fourth-order valence-electron chi connectivity index (χ4n) is 2.76. The molecular weight excluding hydrogens is 387 g/mol. The van der Waals surface area contributed by atoms with E-state index in [1.54, 1.807) is 48.9 Å². The highest BCUT2D eigenvalue weighted by Gasteiger charge is 2.28. The molecule has 0 unspecified atom stereocenters. The first-order valence-electron chi connectivity index (χ1n) is 8.12. The van der Waals surface area contributed by atoms with Gasteiger partial charge in [-0.25, -0.2) is 9.98 Å². The minimum absolute atomic E-state index is 0.308. The first-order chi connectivity index (χ1) is 13.1. The number of hydrogen-bond donors (Lipinski definition) is 2. The largest absolute Gasteiger partial charge is 0.360 e. The number of amidine groups is 1. The lowest BCUT2D eigenvalue weighted by Gasteiger charge is -2.25. The third-order valence-electron chi connectivity index (χ3n) is 4.06. The van der Waals surface area contributed by atoms with Gasteiger partial charge in [-0.2, -0.15) is 0 Å². The average molecular weight is 401 g/mol. The Balaban J connectivity index is 1.56. The third-order valence-corrected chi connectivity index (χ3v) is 4.77. The topological polar surface area (TPSA) is 82.0 Å². The molecule has 0 aliphatic carbocycles. The molecule has 4 rings (SSSR count). The number of carbonyl (C=O) groups is 1. The Kier molecular flexibility index (Phi) is 4.79. The standard InChI is InChI=1S/C18H14Cl2N6O/c19-12-4-3-5-13(20)11(12)8-26-10-24-16(15-17(26)23-9-22-15)25-18(27)14-6-1-2-7-21-14/h1-7,10,22H,8-9H2,(H,25,27). The van der Waals surface area contributed by atoms with Crippen LogP contribution in [0.5, 0.6) is 0 Å². The average Bonchev–Trinajstić information content (AvgIpc) is 3.17. The van der Waals surface area contributed by atoms with Crippen molar-refractivity contribution in [3.63, 3.8) is 0 Å². The predicted octanol–water partition coefficient (Wildman–Crippen LogP) is 2.79. The highest BCUT2D eigenvalue weighted by Crippen LogP contribution is 2.27. The number of aromatic nitrogens is 1. The van der Waals surface area contributed by atoms with Gasteiger partial charge in [0.2, 0.25) is 0 Å². The first kappa shape index (κ1) is 17.5. The number of pyridine rings is 1. The van der Waals surface area contributed by atoms with Crippen LogP contribution in [-0.4, -0.2) is 34.6 Å². The van der Waals surface area contributed by atoms with Gasteiger partial charge >= 0.3 is 0 Å². The molecule has 0 radical (unpaired) electrons. The van der Waals surface area contributed by atoms with Gasteiger partial charge in [0.1, 0.15) is 18.1 Å². The van der Waals surface area contributed by atoms with Crippen molar-refractivity contribution in [3.8, 4) is 0 Å². The van der Waals surface area contributed by atoms with Gasteiger partial charge in [-0.05, 0) is 24.3 Å². The molecule has 0 spiro atoms. The summed E-state index contributed by atoms with van der Waals surface area (Å²) < 4.78 is 0. The normalized spacial score (nSPS) is 15.3. The van der Waals surface area contributed by atoms with E-state index in [2.05, 4.69) is 25.6 Å². The van der Waals surface area contributed by atoms with Crippen LogP contribution in [0.25, 0.3) is 0 Å². The number of fused-ring (bicyclic) bond motifs is 1. The summed E-state index contributed by atoms with van der Waals surface area (Å²) in [5, 5.41) is 7.04. The highest BCUT2D eigenvalue weighted by atomic mass is 35.5. The zero-order chi connectivity index (χ0) is 18.8. The molecule has 1 aromatic carbocycles. The minimum atomic E-state index is -0.342. The van der Waals surface area contributed by atoms with Crippen LogP contribution in [0.15, 0.2) is 64.1 Å². The second-order valence-electron chi connectivity index (χ2n) is 5.78. The molecule has 1 amide bonds. The summed E-state index contributed by atoms with van der Waals surface area (Å²) in [6, 6.07) is 10.5. The van der Waals surface area contributed by atoms with Crippen LogP contribution in [0.3, 0.4) is 0 Å². The Morgan fingerprint density at radius 1 is 1.19 bits per heavy atom. The van der Waals surface area contributed by atoms with Crippen LogP contribution < -0.4 is 10.6 Å². The van der Waals surface area contributed by atoms with Crippen LogP contribution in [-0.2, 0) is 6.54 Å². The van der Waals surface area contributed by atoms with Crippen LogP contribution >= 0.6 is 23.2 Å². The van der Waals surface area contributed by atoms with Crippen molar-refractivity contribution >= 4 is 41.3 Å². The van der Waals surface area contributed by atoms with Gasteiger partial charge in [-0.15, -0.1) is 0 Å². The first-order valence-corrected chi connectivity index (χ1v) is 8.88. The fourth-order valence-corrected chi connectivity index (χ4v) is 3.27. The molecule has 0 fully saturated rings. The molecule has 0 saturated carbocycles. The van der Waals surface area contributed by atoms with Gasteiger partial charge < -0.3 is 15.5 Å². The summed E-state index contributed by atoms with van der Waals surface area (Å²) in [5.41, 5.74) is 1.73. The zero-order valence-electron chi connectivity index (χ0n) is 14.0. The van der Waals surface area contributed by atoms with Crippen molar-refractivity contribution in [3.05, 3.63) is 75.4 Å².